The van der Waals surface area contributed by atoms with Gasteiger partial charge in [-0.05, 0) is 44.0 Å². The number of amides is 1. The van der Waals surface area contributed by atoms with Gasteiger partial charge in [-0.15, -0.1) is 0 Å². The second kappa shape index (κ2) is 8.53. The first kappa shape index (κ1) is 15.5. The highest BCUT2D eigenvalue weighted by atomic mass is 16.3. The summed E-state index contributed by atoms with van der Waals surface area (Å²) >= 11 is 0. The number of hydrogen-bond acceptors (Lipinski definition) is 3. The molecule has 0 aromatic heterocycles. The molecule has 4 nitrogen and oxygen atoms in total. The third kappa shape index (κ3) is 4.91. The van der Waals surface area contributed by atoms with Crippen LogP contribution in [0.2, 0.25) is 0 Å². The summed E-state index contributed by atoms with van der Waals surface area (Å²) < 4.78 is 0. The molecular weight excluding hydrogens is 240 g/mol. The van der Waals surface area contributed by atoms with Crippen molar-refractivity contribution in [1.29, 1.82) is 0 Å². The topological polar surface area (TPSA) is 52.6 Å². The predicted molar refractivity (Wildman–Crippen MR) is 78.5 cm³/mol. The molecule has 1 rings (SSSR count). The lowest BCUT2D eigenvalue weighted by atomic mass is 10.1. The molecule has 0 aliphatic heterocycles. The fourth-order valence-electron chi connectivity index (χ4n) is 1.85. The molecule has 1 aromatic carbocycles. The number of aliphatic hydroxyl groups is 1. The monoisotopic (exact) mass is 264 g/mol. The Hall–Kier alpha value is -1.55. The number of carbonyl (C=O) groups is 1. The van der Waals surface area contributed by atoms with E-state index in [4.69, 9.17) is 5.11 Å². The molecule has 0 unspecified atom stereocenters. The van der Waals surface area contributed by atoms with Gasteiger partial charge in [0.05, 0.1) is 0 Å². The summed E-state index contributed by atoms with van der Waals surface area (Å²) in [6, 6.07) is 7.56. The van der Waals surface area contributed by atoms with Crippen molar-refractivity contribution < 1.29 is 9.90 Å². The van der Waals surface area contributed by atoms with Crippen LogP contribution in [0.25, 0.3) is 0 Å². The Kier molecular flexibility index (Phi) is 6.97. The van der Waals surface area contributed by atoms with E-state index < -0.39 is 0 Å². The number of rotatable bonds is 8. The van der Waals surface area contributed by atoms with E-state index in [0.717, 1.165) is 18.7 Å². The Morgan fingerprint density at radius 2 is 1.95 bits per heavy atom. The quantitative estimate of drug-likeness (QED) is 0.758. The Bertz CT molecular complexity index is 376. The molecular formula is C15H24N2O2. The van der Waals surface area contributed by atoms with Gasteiger partial charge in [0.25, 0.3) is 5.91 Å². The van der Waals surface area contributed by atoms with Crippen molar-refractivity contribution in [3.8, 4) is 0 Å². The Morgan fingerprint density at radius 3 is 2.47 bits per heavy atom. The molecule has 0 bridgehead atoms. The molecule has 19 heavy (non-hydrogen) atoms. The van der Waals surface area contributed by atoms with Crippen molar-refractivity contribution >= 4 is 11.6 Å². The molecule has 0 aliphatic carbocycles. The molecule has 0 heterocycles. The van der Waals surface area contributed by atoms with Crippen molar-refractivity contribution in [2.75, 3.05) is 31.6 Å². The van der Waals surface area contributed by atoms with Gasteiger partial charge in [0, 0.05) is 37.5 Å². The van der Waals surface area contributed by atoms with Gasteiger partial charge in [-0.2, -0.15) is 0 Å². The van der Waals surface area contributed by atoms with Crippen LogP contribution in [0.1, 0.15) is 37.0 Å². The number of aliphatic hydroxyl groups excluding tert-OH is 1. The van der Waals surface area contributed by atoms with E-state index in [2.05, 4.69) is 12.2 Å². The molecule has 1 amide bonds. The molecule has 0 saturated heterocycles. The Morgan fingerprint density at radius 1 is 1.26 bits per heavy atom. The second-order valence-corrected chi connectivity index (χ2v) is 4.47. The first-order chi connectivity index (χ1) is 9.22. The van der Waals surface area contributed by atoms with Crippen LogP contribution in [0.5, 0.6) is 0 Å². The summed E-state index contributed by atoms with van der Waals surface area (Å²) in [5, 5.41) is 12.1. The molecule has 0 fully saturated rings. The second-order valence-electron chi connectivity index (χ2n) is 4.47. The van der Waals surface area contributed by atoms with E-state index in [0.29, 0.717) is 25.1 Å². The van der Waals surface area contributed by atoms with Crippen LogP contribution < -0.4 is 5.32 Å². The van der Waals surface area contributed by atoms with Crippen molar-refractivity contribution in [3.63, 3.8) is 0 Å². The third-order valence-electron chi connectivity index (χ3n) is 2.97. The van der Waals surface area contributed by atoms with Crippen LogP contribution in [0.3, 0.4) is 0 Å². The van der Waals surface area contributed by atoms with Gasteiger partial charge in [-0.25, -0.2) is 0 Å². The van der Waals surface area contributed by atoms with Crippen LogP contribution in [0.4, 0.5) is 5.69 Å². The van der Waals surface area contributed by atoms with Gasteiger partial charge < -0.3 is 15.3 Å². The first-order valence-corrected chi connectivity index (χ1v) is 6.97. The SMILES string of the molecule is CCCNc1ccc(C(=O)N(CC)CCCO)cc1. The summed E-state index contributed by atoms with van der Waals surface area (Å²) in [5.74, 6) is 0.0259. The molecule has 0 aliphatic rings. The van der Waals surface area contributed by atoms with Crippen LogP contribution >= 0.6 is 0 Å². The van der Waals surface area contributed by atoms with Crippen LogP contribution in [0.15, 0.2) is 24.3 Å². The minimum atomic E-state index is 0.0259. The largest absolute Gasteiger partial charge is 0.396 e. The Balaban J connectivity index is 2.65. The van der Waals surface area contributed by atoms with E-state index in [-0.39, 0.29) is 12.5 Å². The zero-order chi connectivity index (χ0) is 14.1. The summed E-state index contributed by atoms with van der Waals surface area (Å²) in [7, 11) is 0. The van der Waals surface area contributed by atoms with E-state index in [9.17, 15) is 4.79 Å². The number of nitrogens with one attached hydrogen (secondary N) is 1. The lowest BCUT2D eigenvalue weighted by Crippen LogP contribution is -2.32. The fourth-order valence-corrected chi connectivity index (χ4v) is 1.85. The third-order valence-corrected chi connectivity index (χ3v) is 2.97. The molecule has 0 atom stereocenters. The Labute approximate surface area is 115 Å². The predicted octanol–water partition coefficient (Wildman–Crippen LogP) is 2.35. The van der Waals surface area contributed by atoms with Crippen molar-refractivity contribution in [1.82, 2.24) is 4.90 Å². The average molecular weight is 264 g/mol. The number of benzene rings is 1. The van der Waals surface area contributed by atoms with E-state index >= 15 is 0 Å². The van der Waals surface area contributed by atoms with Gasteiger partial charge in [-0.1, -0.05) is 6.92 Å². The molecule has 0 spiro atoms. The molecule has 106 valence electrons. The van der Waals surface area contributed by atoms with E-state index in [1.807, 2.05) is 31.2 Å². The van der Waals surface area contributed by atoms with Crippen molar-refractivity contribution in [2.24, 2.45) is 0 Å². The highest BCUT2D eigenvalue weighted by Gasteiger charge is 2.13. The molecule has 0 radical (unpaired) electrons. The summed E-state index contributed by atoms with van der Waals surface area (Å²) in [5.41, 5.74) is 1.73. The zero-order valence-corrected chi connectivity index (χ0v) is 11.9. The minimum absolute atomic E-state index is 0.0259. The van der Waals surface area contributed by atoms with Gasteiger partial charge in [0.15, 0.2) is 0 Å². The van der Waals surface area contributed by atoms with Crippen LogP contribution in [-0.4, -0.2) is 42.2 Å². The molecule has 2 N–H and O–H groups in total. The maximum atomic E-state index is 12.2. The van der Waals surface area contributed by atoms with Gasteiger partial charge in [0.2, 0.25) is 0 Å². The lowest BCUT2D eigenvalue weighted by molar-refractivity contribution is 0.0754. The highest BCUT2D eigenvalue weighted by molar-refractivity contribution is 5.94. The van der Waals surface area contributed by atoms with Crippen LogP contribution in [0, 0.1) is 0 Å². The zero-order valence-electron chi connectivity index (χ0n) is 11.9. The molecule has 4 heteroatoms. The van der Waals surface area contributed by atoms with Gasteiger partial charge >= 0.3 is 0 Å². The van der Waals surface area contributed by atoms with Crippen LogP contribution in [-0.2, 0) is 0 Å². The molecule has 0 saturated carbocycles. The lowest BCUT2D eigenvalue weighted by Gasteiger charge is -2.20. The van der Waals surface area contributed by atoms with E-state index in [1.165, 1.54) is 0 Å². The van der Waals surface area contributed by atoms with Gasteiger partial charge in [0.1, 0.15) is 0 Å². The fraction of sp³-hybridized carbons (Fsp3) is 0.533. The number of anilines is 1. The summed E-state index contributed by atoms with van der Waals surface area (Å²) in [4.78, 5) is 14.0. The first-order valence-electron chi connectivity index (χ1n) is 6.97. The number of carbonyl (C=O) groups excluding carboxylic acids is 1. The number of nitrogens with zero attached hydrogens (tertiary/aromatic N) is 1. The summed E-state index contributed by atoms with van der Waals surface area (Å²) in [6.45, 7) is 6.38. The average Bonchev–Trinajstić information content (AvgIpc) is 2.46. The highest BCUT2D eigenvalue weighted by Crippen LogP contribution is 2.12. The smallest absolute Gasteiger partial charge is 0.253 e. The maximum Gasteiger partial charge on any atom is 0.253 e. The maximum absolute atomic E-state index is 12.2. The van der Waals surface area contributed by atoms with E-state index in [1.54, 1.807) is 4.90 Å². The minimum Gasteiger partial charge on any atom is -0.396 e. The standard InChI is InChI=1S/C15H24N2O2/c1-3-10-16-14-8-6-13(7-9-14)15(19)17(4-2)11-5-12-18/h6-9,16,18H,3-5,10-12H2,1-2H3. The summed E-state index contributed by atoms with van der Waals surface area (Å²) in [6.07, 6.45) is 1.70. The molecule has 1 aromatic rings. The normalized spacial score (nSPS) is 10.3. The number of hydrogen-bond donors (Lipinski definition) is 2. The van der Waals surface area contributed by atoms with Crippen molar-refractivity contribution in [2.45, 2.75) is 26.7 Å². The van der Waals surface area contributed by atoms with Gasteiger partial charge in [-0.3, -0.25) is 4.79 Å². The van der Waals surface area contributed by atoms with Crippen molar-refractivity contribution in [3.05, 3.63) is 29.8 Å².